The molecule has 0 amide bonds. The number of hydrogen-bond acceptors (Lipinski definition) is 3. The van der Waals surface area contributed by atoms with Crippen LogP contribution in [0, 0.1) is 0 Å². The van der Waals surface area contributed by atoms with E-state index < -0.39 is 11.1 Å². The summed E-state index contributed by atoms with van der Waals surface area (Å²) in [5, 5.41) is 14.3. The van der Waals surface area contributed by atoms with E-state index in [2.05, 4.69) is 30.6 Å². The van der Waals surface area contributed by atoms with Crippen molar-refractivity contribution in [2.75, 3.05) is 13.1 Å². The Morgan fingerprint density at radius 2 is 1.56 bits per heavy atom. The van der Waals surface area contributed by atoms with Gasteiger partial charge in [0.1, 0.15) is 5.60 Å². The van der Waals surface area contributed by atoms with Crippen molar-refractivity contribution in [1.29, 1.82) is 0 Å². The van der Waals surface area contributed by atoms with Crippen molar-refractivity contribution in [3.05, 3.63) is 12.8 Å². The predicted molar refractivity (Wildman–Crippen MR) is 77.5 cm³/mol. The minimum atomic E-state index is -0.856. The Balaban J connectivity index is 2.96. The van der Waals surface area contributed by atoms with Crippen LogP contribution in [0.15, 0.2) is 12.8 Å². The van der Waals surface area contributed by atoms with Crippen molar-refractivity contribution < 1.29 is 5.11 Å². The van der Waals surface area contributed by atoms with Gasteiger partial charge < -0.3 is 10.4 Å². The van der Waals surface area contributed by atoms with Gasteiger partial charge in [-0.2, -0.15) is 0 Å². The molecule has 1 fully saturated rings. The lowest BCUT2D eigenvalue weighted by Crippen LogP contribution is -2.71. The monoisotopic (exact) mass is 254 g/mol. The molecule has 0 spiro atoms. The normalized spacial score (nSPS) is 22.3. The highest BCUT2D eigenvalue weighted by atomic mass is 16.3. The summed E-state index contributed by atoms with van der Waals surface area (Å²) in [6.07, 6.45) is 5.44. The maximum atomic E-state index is 11.1. The van der Waals surface area contributed by atoms with Gasteiger partial charge in [-0.1, -0.05) is 13.0 Å². The second kappa shape index (κ2) is 5.22. The molecule has 1 saturated heterocycles. The second-order valence-corrected chi connectivity index (χ2v) is 6.65. The fourth-order valence-corrected chi connectivity index (χ4v) is 2.92. The molecule has 1 aliphatic rings. The molecule has 0 aromatic carbocycles. The van der Waals surface area contributed by atoms with Crippen molar-refractivity contribution in [2.24, 2.45) is 0 Å². The number of aliphatic hydroxyl groups is 1. The molecular formula is C15H30N2O. The van der Waals surface area contributed by atoms with Crippen molar-refractivity contribution in [3.63, 3.8) is 0 Å². The summed E-state index contributed by atoms with van der Waals surface area (Å²) >= 11 is 0. The summed E-state index contributed by atoms with van der Waals surface area (Å²) in [5.74, 6) is 0. The predicted octanol–water partition coefficient (Wildman–Crippen LogP) is 2.51. The highest BCUT2D eigenvalue weighted by Gasteiger charge is 2.52. The molecule has 0 aliphatic carbocycles. The van der Waals surface area contributed by atoms with Crippen LogP contribution in [0.5, 0.6) is 0 Å². The molecule has 18 heavy (non-hydrogen) atoms. The third-order valence-corrected chi connectivity index (χ3v) is 5.02. The second-order valence-electron chi connectivity index (χ2n) is 6.65. The van der Waals surface area contributed by atoms with Gasteiger partial charge in [-0.15, -0.1) is 0 Å². The first kappa shape index (κ1) is 15.5. The van der Waals surface area contributed by atoms with E-state index in [0.29, 0.717) is 0 Å². The minimum absolute atomic E-state index is 0.271. The highest BCUT2D eigenvalue weighted by Crippen LogP contribution is 2.38. The summed E-state index contributed by atoms with van der Waals surface area (Å²) in [7, 11) is 0. The quantitative estimate of drug-likeness (QED) is 0.791. The number of likely N-dealkylation sites (tertiary alicyclic amines) is 1. The van der Waals surface area contributed by atoms with Crippen LogP contribution in [0.1, 0.15) is 53.9 Å². The van der Waals surface area contributed by atoms with Crippen LogP contribution >= 0.6 is 0 Å². The Kier molecular flexibility index (Phi) is 4.50. The summed E-state index contributed by atoms with van der Waals surface area (Å²) in [6.45, 7) is 16.1. The van der Waals surface area contributed by atoms with Gasteiger partial charge in [0.2, 0.25) is 0 Å². The van der Waals surface area contributed by atoms with Gasteiger partial charge in [-0.05, 0) is 66.7 Å². The average molecular weight is 254 g/mol. The van der Waals surface area contributed by atoms with E-state index in [1.165, 1.54) is 19.3 Å². The lowest BCUT2D eigenvalue weighted by atomic mass is 9.70. The zero-order valence-corrected chi connectivity index (χ0v) is 12.7. The zero-order chi connectivity index (χ0) is 14.0. The maximum Gasteiger partial charge on any atom is 0.102 e. The Bertz CT molecular complexity index is 289. The number of nitrogens with zero attached hydrogens (tertiary/aromatic N) is 1. The molecule has 1 aliphatic heterocycles. The van der Waals surface area contributed by atoms with Crippen molar-refractivity contribution in [1.82, 2.24) is 10.2 Å². The third kappa shape index (κ3) is 2.57. The summed E-state index contributed by atoms with van der Waals surface area (Å²) in [5.41, 5.74) is -1.55. The first-order valence-electron chi connectivity index (χ1n) is 7.03. The molecule has 3 nitrogen and oxygen atoms in total. The van der Waals surface area contributed by atoms with E-state index in [-0.39, 0.29) is 5.54 Å². The molecule has 0 saturated carbocycles. The smallest absolute Gasteiger partial charge is 0.102 e. The molecule has 0 bridgehead atoms. The summed E-state index contributed by atoms with van der Waals surface area (Å²) in [4.78, 5) is 2.42. The molecule has 1 atom stereocenters. The van der Waals surface area contributed by atoms with E-state index in [1.807, 2.05) is 20.8 Å². The maximum absolute atomic E-state index is 11.1. The van der Waals surface area contributed by atoms with Gasteiger partial charge in [0.05, 0.1) is 5.54 Å². The van der Waals surface area contributed by atoms with Crippen LogP contribution in [0.2, 0.25) is 0 Å². The van der Waals surface area contributed by atoms with Gasteiger partial charge in [-0.3, -0.25) is 4.90 Å². The largest absolute Gasteiger partial charge is 0.386 e. The van der Waals surface area contributed by atoms with Crippen LogP contribution in [0.25, 0.3) is 0 Å². The van der Waals surface area contributed by atoms with E-state index in [1.54, 1.807) is 6.20 Å². The molecule has 1 unspecified atom stereocenters. The fraction of sp³-hybridized carbons (Fsp3) is 0.867. The molecule has 0 aromatic rings. The van der Waals surface area contributed by atoms with Crippen LogP contribution < -0.4 is 5.32 Å². The van der Waals surface area contributed by atoms with Crippen molar-refractivity contribution >= 4 is 0 Å². The molecular weight excluding hydrogens is 224 g/mol. The Morgan fingerprint density at radius 1 is 1.06 bits per heavy atom. The van der Waals surface area contributed by atoms with Crippen molar-refractivity contribution in [3.8, 4) is 0 Å². The highest BCUT2D eigenvalue weighted by molar-refractivity contribution is 5.11. The number of rotatable bonds is 5. The minimum Gasteiger partial charge on any atom is -0.386 e. The van der Waals surface area contributed by atoms with Crippen LogP contribution in [-0.4, -0.2) is 39.8 Å². The molecule has 106 valence electrons. The van der Waals surface area contributed by atoms with Crippen LogP contribution in [-0.2, 0) is 0 Å². The lowest BCUT2D eigenvalue weighted by Gasteiger charge is -2.55. The zero-order valence-electron chi connectivity index (χ0n) is 12.7. The Hall–Kier alpha value is -0.540. The molecule has 3 heteroatoms. The van der Waals surface area contributed by atoms with Gasteiger partial charge in [0.25, 0.3) is 0 Å². The molecule has 1 rings (SSSR count). The van der Waals surface area contributed by atoms with Crippen LogP contribution in [0.4, 0.5) is 0 Å². The standard InChI is InChI=1S/C15H30N2O/c1-7-16-13(2,3)15(6,18)14(4,5)17-11-9-8-10-12-17/h7,16,18H,1,8-12H2,2-6H3. The lowest BCUT2D eigenvalue weighted by molar-refractivity contribution is -0.133. The molecule has 0 radical (unpaired) electrons. The van der Waals surface area contributed by atoms with Gasteiger partial charge in [-0.25, -0.2) is 0 Å². The van der Waals surface area contributed by atoms with E-state index >= 15 is 0 Å². The van der Waals surface area contributed by atoms with Gasteiger partial charge in [0, 0.05) is 5.54 Å². The molecule has 0 aromatic heterocycles. The SMILES string of the molecule is C=CNC(C)(C)C(C)(O)C(C)(C)N1CCCCC1. The summed E-state index contributed by atoms with van der Waals surface area (Å²) < 4.78 is 0. The number of nitrogens with one attached hydrogen (secondary N) is 1. The van der Waals surface area contributed by atoms with Gasteiger partial charge in [0.15, 0.2) is 0 Å². The number of piperidine rings is 1. The van der Waals surface area contributed by atoms with E-state index in [9.17, 15) is 5.11 Å². The molecule has 1 heterocycles. The van der Waals surface area contributed by atoms with Gasteiger partial charge >= 0.3 is 0 Å². The first-order chi connectivity index (χ1) is 8.17. The Labute approximate surface area is 112 Å². The topological polar surface area (TPSA) is 35.5 Å². The van der Waals surface area contributed by atoms with E-state index in [4.69, 9.17) is 0 Å². The van der Waals surface area contributed by atoms with E-state index in [0.717, 1.165) is 13.1 Å². The fourth-order valence-electron chi connectivity index (χ4n) is 2.92. The molecule has 2 N–H and O–H groups in total. The first-order valence-corrected chi connectivity index (χ1v) is 7.03. The average Bonchev–Trinajstić information content (AvgIpc) is 2.29. The summed E-state index contributed by atoms with van der Waals surface area (Å²) in [6, 6.07) is 0. The third-order valence-electron chi connectivity index (χ3n) is 5.02. The van der Waals surface area contributed by atoms with Crippen LogP contribution in [0.3, 0.4) is 0 Å². The number of hydrogen-bond donors (Lipinski definition) is 2. The van der Waals surface area contributed by atoms with Crippen molar-refractivity contribution in [2.45, 2.75) is 70.6 Å². The Morgan fingerprint density at radius 3 is 2.00 bits per heavy atom.